The van der Waals surface area contributed by atoms with Gasteiger partial charge in [0.15, 0.2) is 0 Å². The third-order valence-electron chi connectivity index (χ3n) is 3.04. The average molecular weight is 319 g/mol. The van der Waals surface area contributed by atoms with Crippen LogP contribution in [0.1, 0.15) is 48.5 Å². The maximum absolute atomic E-state index is 5.69. The van der Waals surface area contributed by atoms with Crippen LogP contribution in [0.4, 0.5) is 0 Å². The summed E-state index contributed by atoms with van der Waals surface area (Å²) in [6, 6.07) is 1.34. The molecule has 2 N–H and O–H groups in total. The Kier molecular flexibility index (Phi) is 13.1. The lowest BCUT2D eigenvalue weighted by Gasteiger charge is -2.19. The molecule has 0 aromatic rings. The van der Waals surface area contributed by atoms with Crippen LogP contribution in [0.5, 0.6) is 0 Å². The minimum Gasteiger partial charge on any atom is -0.377 e. The third-order valence-corrected chi connectivity index (χ3v) is 3.04. The Morgan fingerprint density at radius 1 is 0.727 bits per heavy atom. The largest absolute Gasteiger partial charge is 0.377 e. The van der Waals surface area contributed by atoms with Crippen molar-refractivity contribution in [1.82, 2.24) is 10.6 Å². The molecule has 0 saturated heterocycles. The maximum atomic E-state index is 5.69. The van der Waals surface area contributed by atoms with Gasteiger partial charge in [-0.2, -0.15) is 0 Å². The van der Waals surface area contributed by atoms with Crippen molar-refractivity contribution >= 4 is 0 Å². The predicted octanol–water partition coefficient (Wildman–Crippen LogP) is 2.20. The topological polar surface area (TPSA) is 51.8 Å². The van der Waals surface area contributed by atoms with Crippen LogP contribution in [0, 0.1) is 0 Å². The summed E-state index contributed by atoms with van der Waals surface area (Å²) in [7, 11) is 0. The van der Waals surface area contributed by atoms with Crippen molar-refractivity contribution < 1.29 is 14.2 Å². The van der Waals surface area contributed by atoms with E-state index >= 15 is 0 Å². The fourth-order valence-electron chi connectivity index (χ4n) is 2.04. The number of ether oxygens (including phenoxy) is 3. The molecule has 5 heteroatoms. The molecule has 0 aromatic carbocycles. The molecule has 0 aliphatic rings. The molecule has 0 heterocycles. The van der Waals surface area contributed by atoms with Crippen LogP contribution in [0.2, 0.25) is 0 Å². The Morgan fingerprint density at radius 2 is 1.32 bits per heavy atom. The van der Waals surface area contributed by atoms with Crippen molar-refractivity contribution in [3.8, 4) is 0 Å². The Labute approximate surface area is 137 Å². The van der Waals surface area contributed by atoms with Gasteiger partial charge in [0.1, 0.15) is 0 Å². The van der Waals surface area contributed by atoms with E-state index in [-0.39, 0.29) is 12.2 Å². The molecule has 0 bridgehead atoms. The van der Waals surface area contributed by atoms with E-state index in [0.717, 1.165) is 6.54 Å². The Hall–Kier alpha value is -0.200. The van der Waals surface area contributed by atoms with Crippen molar-refractivity contribution in [2.24, 2.45) is 0 Å². The molecule has 0 aromatic heterocycles. The zero-order chi connectivity index (χ0) is 17.0. The second-order valence-electron chi connectivity index (χ2n) is 6.69. The summed E-state index contributed by atoms with van der Waals surface area (Å²) in [4.78, 5) is 0. The van der Waals surface area contributed by atoms with Crippen molar-refractivity contribution in [3.63, 3.8) is 0 Å². The van der Waals surface area contributed by atoms with E-state index in [1.165, 1.54) is 0 Å². The Balaban J connectivity index is 3.47. The first-order valence-corrected chi connectivity index (χ1v) is 8.61. The fourth-order valence-corrected chi connectivity index (χ4v) is 2.04. The van der Waals surface area contributed by atoms with E-state index in [1.807, 2.05) is 6.92 Å². The third kappa shape index (κ3) is 14.7. The van der Waals surface area contributed by atoms with Crippen molar-refractivity contribution in [3.05, 3.63) is 0 Å². The molecule has 0 saturated carbocycles. The van der Waals surface area contributed by atoms with E-state index < -0.39 is 0 Å². The predicted molar refractivity (Wildman–Crippen MR) is 92.5 cm³/mol. The van der Waals surface area contributed by atoms with E-state index in [9.17, 15) is 0 Å². The molecule has 22 heavy (non-hydrogen) atoms. The summed E-state index contributed by atoms with van der Waals surface area (Å²) in [6.45, 7) is 18.2. The number of hydrogen-bond acceptors (Lipinski definition) is 5. The summed E-state index contributed by atoms with van der Waals surface area (Å²) < 4.78 is 17.0. The lowest BCUT2D eigenvalue weighted by molar-refractivity contribution is -0.0433. The maximum Gasteiger partial charge on any atom is 0.0781 e. The van der Waals surface area contributed by atoms with Crippen LogP contribution >= 0.6 is 0 Å². The van der Waals surface area contributed by atoms with Crippen molar-refractivity contribution in [2.75, 3.05) is 33.0 Å². The molecule has 3 atom stereocenters. The zero-order valence-corrected chi connectivity index (χ0v) is 15.6. The van der Waals surface area contributed by atoms with Crippen molar-refractivity contribution in [2.45, 2.75) is 78.8 Å². The van der Waals surface area contributed by atoms with Crippen LogP contribution in [-0.2, 0) is 14.2 Å². The van der Waals surface area contributed by atoms with E-state index in [1.54, 1.807) is 0 Å². The minimum atomic E-state index is 0.0962. The highest BCUT2D eigenvalue weighted by atomic mass is 16.6. The first kappa shape index (κ1) is 21.8. The molecule has 0 fully saturated rings. The van der Waals surface area contributed by atoms with E-state index in [0.29, 0.717) is 44.6 Å². The molecule has 0 amide bonds. The van der Waals surface area contributed by atoms with Gasteiger partial charge in [-0.15, -0.1) is 0 Å². The molecule has 0 rings (SSSR count). The van der Waals surface area contributed by atoms with E-state index in [4.69, 9.17) is 14.2 Å². The van der Waals surface area contributed by atoms with Crippen LogP contribution in [0.25, 0.3) is 0 Å². The molecule has 3 unspecified atom stereocenters. The van der Waals surface area contributed by atoms with Crippen LogP contribution in [-0.4, -0.2) is 63.3 Å². The second kappa shape index (κ2) is 13.3. The summed E-state index contributed by atoms with van der Waals surface area (Å²) in [5, 5.41) is 6.76. The second-order valence-corrected chi connectivity index (χ2v) is 6.69. The highest BCUT2D eigenvalue weighted by molar-refractivity contribution is 4.63. The first-order chi connectivity index (χ1) is 10.3. The summed E-state index contributed by atoms with van der Waals surface area (Å²) in [5.74, 6) is 0. The van der Waals surface area contributed by atoms with Crippen LogP contribution in [0.3, 0.4) is 0 Å². The zero-order valence-electron chi connectivity index (χ0n) is 15.6. The first-order valence-electron chi connectivity index (χ1n) is 8.61. The molecule has 0 aliphatic carbocycles. The van der Waals surface area contributed by atoms with Crippen LogP contribution < -0.4 is 10.6 Å². The molecule has 0 radical (unpaired) electrons. The molecule has 0 aliphatic heterocycles. The average Bonchev–Trinajstić information content (AvgIpc) is 2.40. The Morgan fingerprint density at radius 3 is 1.86 bits per heavy atom. The van der Waals surface area contributed by atoms with Gasteiger partial charge >= 0.3 is 0 Å². The van der Waals surface area contributed by atoms with Gasteiger partial charge in [-0.1, -0.05) is 27.7 Å². The standard InChI is InChI=1S/C17H38N2O3/c1-13(2)18-10-16(6)21-8-9-22-17(7)12-20-11-15(5)19-14(3)4/h13-19H,8-12H2,1-7H3. The van der Waals surface area contributed by atoms with Gasteiger partial charge in [-0.05, 0) is 20.8 Å². The molecular weight excluding hydrogens is 280 g/mol. The van der Waals surface area contributed by atoms with Gasteiger partial charge in [0.05, 0.1) is 38.6 Å². The number of hydrogen-bond donors (Lipinski definition) is 2. The van der Waals surface area contributed by atoms with Gasteiger partial charge in [0.25, 0.3) is 0 Å². The smallest absolute Gasteiger partial charge is 0.0781 e. The summed E-state index contributed by atoms with van der Waals surface area (Å²) in [5.41, 5.74) is 0. The molecule has 5 nitrogen and oxygen atoms in total. The summed E-state index contributed by atoms with van der Waals surface area (Å²) >= 11 is 0. The monoisotopic (exact) mass is 318 g/mol. The highest BCUT2D eigenvalue weighted by Crippen LogP contribution is 1.96. The fraction of sp³-hybridized carbons (Fsp3) is 1.00. The minimum absolute atomic E-state index is 0.0962. The summed E-state index contributed by atoms with van der Waals surface area (Å²) in [6.07, 6.45) is 0.305. The lowest BCUT2D eigenvalue weighted by atomic mass is 10.3. The quantitative estimate of drug-likeness (QED) is 0.481. The van der Waals surface area contributed by atoms with Gasteiger partial charge in [0, 0.05) is 24.7 Å². The molecule has 134 valence electrons. The van der Waals surface area contributed by atoms with Crippen LogP contribution in [0.15, 0.2) is 0 Å². The normalized spacial score (nSPS) is 16.2. The van der Waals surface area contributed by atoms with Gasteiger partial charge in [-0.25, -0.2) is 0 Å². The van der Waals surface area contributed by atoms with Gasteiger partial charge < -0.3 is 24.8 Å². The Bertz CT molecular complexity index is 250. The SMILES string of the molecule is CC(C)NCC(C)OCCOC(C)COCC(C)NC(C)C. The van der Waals surface area contributed by atoms with Crippen molar-refractivity contribution in [1.29, 1.82) is 0 Å². The number of rotatable bonds is 14. The van der Waals surface area contributed by atoms with Gasteiger partial charge in [0.2, 0.25) is 0 Å². The van der Waals surface area contributed by atoms with E-state index in [2.05, 4.69) is 52.2 Å². The lowest BCUT2D eigenvalue weighted by Crippen LogP contribution is -2.36. The molecule has 0 spiro atoms. The number of nitrogens with one attached hydrogen (secondary N) is 2. The highest BCUT2D eigenvalue weighted by Gasteiger charge is 2.07. The van der Waals surface area contributed by atoms with Gasteiger partial charge in [-0.3, -0.25) is 0 Å². The molecular formula is C17H38N2O3.